The summed E-state index contributed by atoms with van der Waals surface area (Å²) in [5.41, 5.74) is 8.33. The predicted molar refractivity (Wildman–Crippen MR) is 257 cm³/mol. The molecule has 0 aromatic heterocycles. The summed E-state index contributed by atoms with van der Waals surface area (Å²) in [6.07, 6.45) is 6.69. The van der Waals surface area contributed by atoms with Crippen LogP contribution in [0.2, 0.25) is 0 Å². The molecule has 2 saturated heterocycles. The molecule has 64 heavy (non-hydrogen) atoms. The summed E-state index contributed by atoms with van der Waals surface area (Å²) in [6, 6.07) is 49.6. The number of nitrogens with one attached hydrogen (secondary N) is 2. The molecule has 10 nitrogen and oxygen atoms in total. The van der Waals surface area contributed by atoms with Crippen LogP contribution in [0.5, 0.6) is 0 Å². The molecule has 2 aliphatic heterocycles. The highest BCUT2D eigenvalue weighted by atomic mass is 16.2. The van der Waals surface area contributed by atoms with Crippen LogP contribution in [0.1, 0.15) is 68.7 Å². The second kappa shape index (κ2) is 20.2. The van der Waals surface area contributed by atoms with Crippen LogP contribution in [0.25, 0.3) is 12.2 Å². The van der Waals surface area contributed by atoms with Crippen molar-refractivity contribution in [3.05, 3.63) is 191 Å². The van der Waals surface area contributed by atoms with Crippen LogP contribution in [-0.2, 0) is 22.7 Å². The van der Waals surface area contributed by atoms with Gasteiger partial charge in [0.05, 0.1) is 11.1 Å². The Morgan fingerprint density at radius 2 is 0.859 bits per heavy atom. The number of carbonyl (C=O) groups excluding carboxylic acids is 4. The number of rotatable bonds is 14. The van der Waals surface area contributed by atoms with Crippen LogP contribution in [0.4, 0.5) is 22.7 Å². The minimum Gasteiger partial charge on any atom is -0.370 e. The van der Waals surface area contributed by atoms with E-state index >= 15 is 0 Å². The van der Waals surface area contributed by atoms with Crippen molar-refractivity contribution in [2.45, 2.75) is 50.9 Å². The van der Waals surface area contributed by atoms with Crippen molar-refractivity contribution in [3.8, 4) is 0 Å². The number of benzene rings is 6. The van der Waals surface area contributed by atoms with Gasteiger partial charge in [0.2, 0.25) is 11.8 Å². The molecular weight excluding hydrogens is 797 g/mol. The van der Waals surface area contributed by atoms with Gasteiger partial charge < -0.3 is 30.2 Å². The van der Waals surface area contributed by atoms with E-state index in [1.165, 1.54) is 0 Å². The van der Waals surface area contributed by atoms with Gasteiger partial charge in [-0.1, -0.05) is 121 Å². The maximum absolute atomic E-state index is 14.0. The molecule has 0 saturated carbocycles. The third-order valence-corrected chi connectivity index (χ3v) is 12.1. The molecular formula is C54H54N6O4. The fraction of sp³-hybridized carbons (Fsp3) is 0.222. The predicted octanol–water partition coefficient (Wildman–Crippen LogP) is 9.62. The Balaban J connectivity index is 0.840. The molecule has 0 bridgehead atoms. The SMILES string of the molecule is CN(Cc1ccccc1)c1ccccc1C(=O)N1CCC[C@H]1C(=O)Nc1ccc(/C=C/c2ccc(NC(=O)[C@@H]3CCCN3C(=O)c3ccccc3N(C)Cc3ccccc3)cc2)cc1. The molecule has 6 aromatic carbocycles. The third kappa shape index (κ3) is 10.2. The van der Waals surface area contributed by atoms with Crippen molar-refractivity contribution >= 4 is 58.5 Å². The van der Waals surface area contributed by atoms with Crippen molar-refractivity contribution in [1.82, 2.24) is 9.80 Å². The van der Waals surface area contributed by atoms with Gasteiger partial charge in [-0.15, -0.1) is 0 Å². The molecule has 2 heterocycles. The molecule has 0 radical (unpaired) electrons. The average molecular weight is 851 g/mol. The number of para-hydroxylation sites is 2. The summed E-state index contributed by atoms with van der Waals surface area (Å²) in [6.45, 7) is 2.36. The van der Waals surface area contributed by atoms with Crippen molar-refractivity contribution in [2.24, 2.45) is 0 Å². The largest absolute Gasteiger partial charge is 0.370 e. The van der Waals surface area contributed by atoms with E-state index in [1.54, 1.807) is 9.80 Å². The number of likely N-dealkylation sites (tertiary alicyclic amines) is 2. The molecule has 4 amide bonds. The van der Waals surface area contributed by atoms with E-state index < -0.39 is 12.1 Å². The molecule has 0 unspecified atom stereocenters. The van der Waals surface area contributed by atoms with Gasteiger partial charge >= 0.3 is 0 Å². The topological polar surface area (TPSA) is 105 Å². The summed E-state index contributed by atoms with van der Waals surface area (Å²) in [5, 5.41) is 6.08. The smallest absolute Gasteiger partial charge is 0.256 e. The van der Waals surface area contributed by atoms with E-state index in [2.05, 4.69) is 44.7 Å². The van der Waals surface area contributed by atoms with Crippen molar-refractivity contribution in [1.29, 1.82) is 0 Å². The fourth-order valence-corrected chi connectivity index (χ4v) is 8.73. The monoisotopic (exact) mass is 850 g/mol. The minimum atomic E-state index is -0.563. The number of nitrogens with zero attached hydrogens (tertiary/aromatic N) is 4. The molecule has 10 heteroatoms. The molecule has 2 aliphatic rings. The molecule has 0 aliphatic carbocycles. The summed E-state index contributed by atoms with van der Waals surface area (Å²) in [4.78, 5) is 62.7. The first-order valence-corrected chi connectivity index (χ1v) is 22.0. The zero-order valence-electron chi connectivity index (χ0n) is 36.4. The second-order valence-electron chi connectivity index (χ2n) is 16.6. The summed E-state index contributed by atoms with van der Waals surface area (Å²) < 4.78 is 0. The van der Waals surface area contributed by atoms with E-state index in [9.17, 15) is 19.2 Å². The van der Waals surface area contributed by atoms with Gasteiger partial charge in [-0.2, -0.15) is 0 Å². The van der Waals surface area contributed by atoms with E-state index in [-0.39, 0.29) is 23.6 Å². The number of anilines is 4. The molecule has 2 atom stereocenters. The van der Waals surface area contributed by atoms with Gasteiger partial charge in [0.25, 0.3) is 11.8 Å². The van der Waals surface area contributed by atoms with Gasteiger partial charge in [-0.25, -0.2) is 0 Å². The highest BCUT2D eigenvalue weighted by Gasteiger charge is 2.37. The number of carbonyl (C=O) groups is 4. The first kappa shape index (κ1) is 43.2. The second-order valence-corrected chi connectivity index (χ2v) is 16.6. The Morgan fingerprint density at radius 3 is 1.25 bits per heavy atom. The fourth-order valence-electron chi connectivity index (χ4n) is 8.73. The van der Waals surface area contributed by atoms with Gasteiger partial charge in [0.1, 0.15) is 12.1 Å². The first-order valence-electron chi connectivity index (χ1n) is 22.0. The zero-order valence-corrected chi connectivity index (χ0v) is 36.4. The van der Waals surface area contributed by atoms with Crippen molar-refractivity contribution < 1.29 is 19.2 Å². The summed E-state index contributed by atoms with van der Waals surface area (Å²) in [7, 11) is 3.96. The van der Waals surface area contributed by atoms with Crippen LogP contribution in [-0.4, -0.2) is 72.7 Å². The standard InChI is InChI=1S/C54H54N6O4/c1-57(37-41-15-5-3-6-16-41)47-21-11-9-19-45(47)53(63)59-35-13-23-49(59)51(61)55-43-31-27-39(28-32-43)25-26-40-29-33-44(34-30-40)56-52(62)50-24-14-36-60(50)54(64)46-20-10-12-22-48(46)58(2)38-42-17-7-4-8-18-42/h3-12,15-22,25-34,49-50H,13-14,23-24,35-38H2,1-2H3,(H,55,61)(H,56,62)/b26-25+/t49-,50-/m0/s1. The molecule has 2 fully saturated rings. The van der Waals surface area contributed by atoms with Gasteiger partial charge in [0.15, 0.2) is 0 Å². The first-order chi connectivity index (χ1) is 31.2. The lowest BCUT2D eigenvalue weighted by Crippen LogP contribution is -2.43. The maximum Gasteiger partial charge on any atom is 0.256 e. The van der Waals surface area contributed by atoms with Crippen LogP contribution in [0.3, 0.4) is 0 Å². The average Bonchev–Trinajstić information content (AvgIpc) is 4.04. The zero-order chi connectivity index (χ0) is 44.4. The molecule has 2 N–H and O–H groups in total. The van der Waals surface area contributed by atoms with Crippen LogP contribution in [0, 0.1) is 0 Å². The van der Waals surface area contributed by atoms with Crippen LogP contribution < -0.4 is 20.4 Å². The molecule has 0 spiro atoms. The lowest BCUT2D eigenvalue weighted by Gasteiger charge is -2.27. The Hall–Kier alpha value is -7.46. The molecule has 324 valence electrons. The maximum atomic E-state index is 14.0. The Morgan fingerprint density at radius 1 is 0.500 bits per heavy atom. The summed E-state index contributed by atoms with van der Waals surface area (Å²) >= 11 is 0. The number of hydrogen-bond donors (Lipinski definition) is 2. The van der Waals surface area contributed by atoms with Gasteiger partial charge in [0, 0.05) is 63.0 Å². The quantitative estimate of drug-likeness (QED) is 0.106. The number of amides is 4. The molecule has 8 rings (SSSR count). The highest BCUT2D eigenvalue weighted by Crippen LogP contribution is 2.30. The van der Waals surface area contributed by atoms with Gasteiger partial charge in [-0.3, -0.25) is 19.2 Å². The van der Waals surface area contributed by atoms with E-state index in [4.69, 9.17) is 0 Å². The number of hydrogen-bond acceptors (Lipinski definition) is 6. The Labute approximate surface area is 375 Å². The van der Waals surface area contributed by atoms with E-state index in [1.807, 2.05) is 160 Å². The Kier molecular flexibility index (Phi) is 13.6. The highest BCUT2D eigenvalue weighted by molar-refractivity contribution is 6.05. The van der Waals surface area contributed by atoms with Crippen LogP contribution in [0.15, 0.2) is 158 Å². The lowest BCUT2D eigenvalue weighted by molar-refractivity contribution is -0.120. The third-order valence-electron chi connectivity index (χ3n) is 12.1. The molecule has 6 aromatic rings. The summed E-state index contributed by atoms with van der Waals surface area (Å²) in [5.74, 6) is -0.679. The van der Waals surface area contributed by atoms with Crippen molar-refractivity contribution in [2.75, 3.05) is 47.6 Å². The lowest BCUT2D eigenvalue weighted by atomic mass is 10.1. The van der Waals surface area contributed by atoms with E-state index in [0.29, 0.717) is 61.5 Å². The minimum absolute atomic E-state index is 0.142. The van der Waals surface area contributed by atoms with E-state index in [0.717, 1.165) is 46.5 Å². The Bertz CT molecular complexity index is 2420. The normalized spacial score (nSPS) is 15.8. The van der Waals surface area contributed by atoms with Gasteiger partial charge in [-0.05, 0) is 96.5 Å². The van der Waals surface area contributed by atoms with Crippen molar-refractivity contribution in [3.63, 3.8) is 0 Å². The van der Waals surface area contributed by atoms with Crippen LogP contribution >= 0.6 is 0 Å².